The van der Waals surface area contributed by atoms with E-state index in [9.17, 15) is 8.78 Å². The summed E-state index contributed by atoms with van der Waals surface area (Å²) in [5, 5.41) is 0.146. The molecule has 1 heterocycles. The monoisotopic (exact) mass is 259 g/mol. The molecule has 1 aromatic heterocycles. The van der Waals surface area contributed by atoms with Crippen LogP contribution in [0.25, 0.3) is 10.8 Å². The molecular weight excluding hydrogens is 252 g/mol. The van der Waals surface area contributed by atoms with E-state index in [0.29, 0.717) is 0 Å². The second kappa shape index (κ2) is 4.33. The summed E-state index contributed by atoms with van der Waals surface area (Å²) in [6.45, 7) is 0. The number of aromatic nitrogens is 1. The Morgan fingerprint density at radius 3 is 2.53 bits per heavy atom. The fourth-order valence-corrected chi connectivity index (χ4v) is 1.96. The van der Waals surface area contributed by atoms with Gasteiger partial charge in [0, 0.05) is 5.39 Å². The number of methoxy groups -OCH3 is 2. The number of halogens is 3. The van der Waals surface area contributed by atoms with E-state index in [1.165, 1.54) is 20.4 Å². The summed E-state index contributed by atoms with van der Waals surface area (Å²) in [4.78, 5) is 3.46. The molecule has 17 heavy (non-hydrogen) atoms. The molecule has 2 aromatic rings. The summed E-state index contributed by atoms with van der Waals surface area (Å²) in [5.74, 6) is -1.46. The lowest BCUT2D eigenvalue weighted by molar-refractivity contribution is 0.386. The minimum Gasteiger partial charge on any atom is -0.494 e. The van der Waals surface area contributed by atoms with Crippen LogP contribution in [0.15, 0.2) is 12.3 Å². The van der Waals surface area contributed by atoms with E-state index in [1.54, 1.807) is 0 Å². The van der Waals surface area contributed by atoms with Gasteiger partial charge in [0.25, 0.3) is 0 Å². The Balaban J connectivity index is 2.95. The van der Waals surface area contributed by atoms with Crippen LogP contribution in [0, 0.1) is 11.8 Å². The molecule has 0 amide bonds. The Kier molecular flexibility index (Phi) is 3.02. The van der Waals surface area contributed by atoms with Crippen LogP contribution in [-0.2, 0) is 0 Å². The maximum Gasteiger partial charge on any atom is 0.221 e. The highest BCUT2D eigenvalue weighted by atomic mass is 35.5. The second-order valence-corrected chi connectivity index (χ2v) is 3.62. The first kappa shape index (κ1) is 11.9. The third kappa shape index (κ3) is 1.76. The number of benzene rings is 1. The molecule has 0 unspecified atom stereocenters. The van der Waals surface area contributed by atoms with Gasteiger partial charge in [0.15, 0.2) is 11.6 Å². The first-order valence-corrected chi connectivity index (χ1v) is 5.02. The summed E-state index contributed by atoms with van der Waals surface area (Å²) >= 11 is 5.96. The topological polar surface area (TPSA) is 31.4 Å². The lowest BCUT2D eigenvalue weighted by Crippen LogP contribution is -1.96. The zero-order chi connectivity index (χ0) is 12.6. The average Bonchev–Trinajstić information content (AvgIpc) is 2.31. The summed E-state index contributed by atoms with van der Waals surface area (Å²) in [5.41, 5.74) is 0. The van der Waals surface area contributed by atoms with Crippen molar-refractivity contribution in [2.45, 2.75) is 0 Å². The molecule has 0 aliphatic carbocycles. The van der Waals surface area contributed by atoms with Crippen molar-refractivity contribution in [1.29, 1.82) is 0 Å². The van der Waals surface area contributed by atoms with Gasteiger partial charge in [0.05, 0.1) is 30.8 Å². The normalized spacial score (nSPS) is 10.6. The molecule has 0 atom stereocenters. The van der Waals surface area contributed by atoms with Gasteiger partial charge in [-0.3, -0.25) is 0 Å². The standard InChI is InChI=1S/C11H8ClF2NO2/c1-16-7-4-15-11(14)5-3-6(13)10(17-2)9(12)8(5)7/h3-4H,1-2H3. The Bertz CT molecular complexity index is 589. The van der Waals surface area contributed by atoms with Crippen molar-refractivity contribution in [3.05, 3.63) is 29.1 Å². The van der Waals surface area contributed by atoms with Gasteiger partial charge in [0.2, 0.25) is 5.95 Å². The summed E-state index contributed by atoms with van der Waals surface area (Å²) in [6.07, 6.45) is 1.18. The molecule has 90 valence electrons. The van der Waals surface area contributed by atoms with E-state index >= 15 is 0 Å². The van der Waals surface area contributed by atoms with Crippen LogP contribution < -0.4 is 9.47 Å². The smallest absolute Gasteiger partial charge is 0.221 e. The Hall–Kier alpha value is -1.62. The van der Waals surface area contributed by atoms with Crippen molar-refractivity contribution < 1.29 is 18.3 Å². The first-order valence-electron chi connectivity index (χ1n) is 4.64. The molecular formula is C11H8ClF2NO2. The molecule has 0 saturated carbocycles. The largest absolute Gasteiger partial charge is 0.494 e. The molecule has 6 heteroatoms. The zero-order valence-corrected chi connectivity index (χ0v) is 9.81. The van der Waals surface area contributed by atoms with Crippen LogP contribution in [0.4, 0.5) is 8.78 Å². The Morgan fingerprint density at radius 2 is 1.94 bits per heavy atom. The number of hydrogen-bond acceptors (Lipinski definition) is 3. The molecule has 0 radical (unpaired) electrons. The predicted molar refractivity (Wildman–Crippen MR) is 59.8 cm³/mol. The van der Waals surface area contributed by atoms with E-state index in [2.05, 4.69) is 4.98 Å². The van der Waals surface area contributed by atoms with E-state index < -0.39 is 11.8 Å². The highest BCUT2D eigenvalue weighted by Crippen LogP contribution is 2.40. The van der Waals surface area contributed by atoms with Crippen LogP contribution in [0.1, 0.15) is 0 Å². The minimum absolute atomic E-state index is 0.0411. The van der Waals surface area contributed by atoms with E-state index in [4.69, 9.17) is 21.1 Å². The Labute approximate surface area is 101 Å². The lowest BCUT2D eigenvalue weighted by Gasteiger charge is -2.11. The van der Waals surface area contributed by atoms with Crippen LogP contribution in [0.5, 0.6) is 11.5 Å². The molecule has 0 saturated heterocycles. The third-order valence-corrected chi connectivity index (χ3v) is 2.72. The molecule has 3 nitrogen and oxygen atoms in total. The van der Waals surface area contributed by atoms with Gasteiger partial charge in [-0.2, -0.15) is 4.39 Å². The molecule has 0 aliphatic heterocycles. The highest BCUT2D eigenvalue weighted by Gasteiger charge is 2.19. The van der Waals surface area contributed by atoms with Gasteiger partial charge >= 0.3 is 0 Å². The number of nitrogens with zero attached hydrogens (tertiary/aromatic N) is 1. The maximum atomic E-state index is 13.6. The minimum atomic E-state index is -0.816. The van der Waals surface area contributed by atoms with Gasteiger partial charge in [-0.05, 0) is 6.07 Å². The SMILES string of the molecule is COc1c(F)cc2c(F)ncc(OC)c2c1Cl. The molecule has 1 aromatic carbocycles. The lowest BCUT2D eigenvalue weighted by atomic mass is 10.1. The van der Waals surface area contributed by atoms with Gasteiger partial charge in [-0.1, -0.05) is 11.6 Å². The molecule has 0 fully saturated rings. The van der Waals surface area contributed by atoms with Crippen molar-refractivity contribution in [3.63, 3.8) is 0 Å². The highest BCUT2D eigenvalue weighted by molar-refractivity contribution is 6.37. The van der Waals surface area contributed by atoms with Crippen molar-refractivity contribution in [2.24, 2.45) is 0 Å². The maximum absolute atomic E-state index is 13.6. The van der Waals surface area contributed by atoms with Gasteiger partial charge in [-0.15, -0.1) is 0 Å². The second-order valence-electron chi connectivity index (χ2n) is 3.25. The molecule has 2 rings (SSSR count). The fraction of sp³-hybridized carbons (Fsp3) is 0.182. The summed E-state index contributed by atoms with van der Waals surface area (Å²) < 4.78 is 36.8. The predicted octanol–water partition coefficient (Wildman–Crippen LogP) is 3.18. The van der Waals surface area contributed by atoms with Gasteiger partial charge in [-0.25, -0.2) is 9.37 Å². The Morgan fingerprint density at radius 1 is 1.24 bits per heavy atom. The van der Waals surface area contributed by atoms with Crippen molar-refractivity contribution in [3.8, 4) is 11.5 Å². The molecule has 0 N–H and O–H groups in total. The van der Waals surface area contributed by atoms with E-state index in [1.807, 2.05) is 0 Å². The number of fused-ring (bicyclic) bond motifs is 1. The van der Waals surface area contributed by atoms with E-state index in [0.717, 1.165) is 6.07 Å². The number of pyridine rings is 1. The van der Waals surface area contributed by atoms with Crippen molar-refractivity contribution in [2.75, 3.05) is 14.2 Å². The molecule has 0 spiro atoms. The quantitative estimate of drug-likeness (QED) is 0.776. The molecule has 0 aliphatic rings. The number of ether oxygens (including phenoxy) is 2. The van der Waals surface area contributed by atoms with E-state index in [-0.39, 0.29) is 27.3 Å². The fourth-order valence-electron chi connectivity index (χ4n) is 1.60. The van der Waals surface area contributed by atoms with Gasteiger partial charge < -0.3 is 9.47 Å². The van der Waals surface area contributed by atoms with Crippen LogP contribution in [0.2, 0.25) is 5.02 Å². The van der Waals surface area contributed by atoms with Crippen LogP contribution >= 0.6 is 11.6 Å². The van der Waals surface area contributed by atoms with Gasteiger partial charge in [0.1, 0.15) is 5.75 Å². The zero-order valence-electron chi connectivity index (χ0n) is 9.05. The van der Waals surface area contributed by atoms with Crippen LogP contribution in [-0.4, -0.2) is 19.2 Å². The van der Waals surface area contributed by atoms with Crippen molar-refractivity contribution >= 4 is 22.4 Å². The summed E-state index contributed by atoms with van der Waals surface area (Å²) in [6, 6.07) is 0.977. The number of rotatable bonds is 2. The molecule has 0 bridgehead atoms. The third-order valence-electron chi connectivity index (χ3n) is 2.36. The van der Waals surface area contributed by atoms with Crippen molar-refractivity contribution in [1.82, 2.24) is 4.98 Å². The summed E-state index contributed by atoms with van der Waals surface area (Å²) in [7, 11) is 2.67. The first-order chi connectivity index (χ1) is 8.10. The van der Waals surface area contributed by atoms with Crippen LogP contribution in [0.3, 0.4) is 0 Å². The average molecular weight is 260 g/mol. The number of hydrogen-bond donors (Lipinski definition) is 0.